The van der Waals surface area contributed by atoms with Gasteiger partial charge in [0.2, 0.25) is 0 Å². The summed E-state index contributed by atoms with van der Waals surface area (Å²) in [6, 6.07) is 28.2. The topological polar surface area (TPSA) is 88.7 Å². The summed E-state index contributed by atoms with van der Waals surface area (Å²) in [5.74, 6) is 0.189. The smallest absolute Gasteiger partial charge is 0.275 e. The molecule has 0 fully saturated rings. The second kappa shape index (κ2) is 10.8. The third-order valence-electron chi connectivity index (χ3n) is 5.84. The molecule has 1 aromatic heterocycles. The number of rotatable bonds is 8. The van der Waals surface area contributed by atoms with E-state index in [1.54, 1.807) is 23.0 Å². The second-order valence-electron chi connectivity index (χ2n) is 8.50. The second-order valence-corrected chi connectivity index (χ2v) is 8.50. The molecule has 0 saturated heterocycles. The number of ether oxygens (including phenoxy) is 1. The molecule has 4 aromatic carbocycles. The first kappa shape index (κ1) is 23.8. The molecule has 37 heavy (non-hydrogen) atoms. The molecule has 7 nitrogen and oxygen atoms in total. The first-order valence-corrected chi connectivity index (χ1v) is 12.1. The number of para-hydroxylation sites is 1. The van der Waals surface area contributed by atoms with E-state index >= 15 is 0 Å². The van der Waals surface area contributed by atoms with Crippen molar-refractivity contribution in [1.29, 1.82) is 0 Å². The van der Waals surface area contributed by atoms with Gasteiger partial charge in [0.15, 0.2) is 0 Å². The molecule has 0 aliphatic rings. The molecular weight excluding hydrogens is 464 g/mol. The zero-order valence-corrected chi connectivity index (χ0v) is 20.3. The van der Waals surface area contributed by atoms with Crippen LogP contribution in [0.4, 0.5) is 0 Å². The number of phenolic OH excluding ortho intramolecular Hbond substituents is 1. The number of aromatic hydroxyl groups is 1. The lowest BCUT2D eigenvalue weighted by Gasteiger charge is -2.06. The zero-order valence-electron chi connectivity index (χ0n) is 20.3. The molecule has 5 aromatic rings. The molecule has 2 N–H and O–H groups in total. The third-order valence-corrected chi connectivity index (χ3v) is 5.84. The first-order valence-electron chi connectivity index (χ1n) is 12.1. The van der Waals surface area contributed by atoms with E-state index in [0.29, 0.717) is 17.9 Å². The van der Waals surface area contributed by atoms with Crippen molar-refractivity contribution in [1.82, 2.24) is 15.2 Å². The highest BCUT2D eigenvalue weighted by atomic mass is 16.5. The van der Waals surface area contributed by atoms with Gasteiger partial charge in [-0.2, -0.15) is 10.2 Å². The van der Waals surface area contributed by atoms with E-state index in [0.717, 1.165) is 34.2 Å². The summed E-state index contributed by atoms with van der Waals surface area (Å²) in [5.41, 5.74) is 5.89. The molecule has 184 valence electrons. The molecule has 0 aliphatic heterocycles. The summed E-state index contributed by atoms with van der Waals surface area (Å²) in [7, 11) is 0. The number of carbonyl (C=O) groups excluding carboxylic acids is 1. The Hall–Kier alpha value is -4.91. The zero-order chi connectivity index (χ0) is 25.6. The minimum atomic E-state index is -0.506. The number of nitrogens with zero attached hydrogens (tertiary/aromatic N) is 3. The summed E-state index contributed by atoms with van der Waals surface area (Å²) in [5, 5.41) is 21.0. The quantitative estimate of drug-likeness (QED) is 0.208. The highest BCUT2D eigenvalue weighted by molar-refractivity contribution is 6.02. The van der Waals surface area contributed by atoms with Crippen molar-refractivity contribution >= 4 is 22.9 Å². The number of hydrogen-bond acceptors (Lipinski definition) is 5. The fourth-order valence-electron chi connectivity index (χ4n) is 3.98. The van der Waals surface area contributed by atoms with Crippen molar-refractivity contribution < 1.29 is 14.6 Å². The molecule has 0 atom stereocenters. The number of hydrazone groups is 1. The number of carbonyl (C=O) groups is 1. The number of nitrogens with one attached hydrogen (secondary N) is 1. The van der Waals surface area contributed by atoms with Gasteiger partial charge in [0.05, 0.1) is 24.1 Å². The van der Waals surface area contributed by atoms with Crippen LogP contribution < -0.4 is 10.2 Å². The molecule has 5 rings (SSSR count). The standard InChI is InChI=1S/C30H26N4O3/c1-2-16-37-26-14-12-21(13-15-26)29-24(20-34(33-29)25-10-4-3-5-11-25)19-31-32-30(36)27-17-22-8-6-7-9-23(22)18-28(27)35/h3-15,17-20,35H,2,16H2,1H3,(H,32,36). The van der Waals surface area contributed by atoms with Crippen molar-refractivity contribution in [3.63, 3.8) is 0 Å². The van der Waals surface area contributed by atoms with Crippen molar-refractivity contribution in [3.05, 3.63) is 108 Å². The van der Waals surface area contributed by atoms with E-state index in [1.807, 2.05) is 85.1 Å². The summed E-state index contributed by atoms with van der Waals surface area (Å²) in [6.07, 6.45) is 4.35. The van der Waals surface area contributed by atoms with Gasteiger partial charge in [-0.05, 0) is 65.7 Å². The Morgan fingerprint density at radius 2 is 1.70 bits per heavy atom. The molecule has 0 saturated carbocycles. The first-order chi connectivity index (χ1) is 18.1. The van der Waals surface area contributed by atoms with E-state index in [1.165, 1.54) is 0 Å². The molecule has 1 amide bonds. The SMILES string of the molecule is CCCOc1ccc(-c2nn(-c3ccccc3)cc2C=NNC(=O)c2cc3ccccc3cc2O)cc1. The van der Waals surface area contributed by atoms with Gasteiger partial charge in [-0.15, -0.1) is 0 Å². The van der Waals surface area contributed by atoms with Gasteiger partial charge in [-0.1, -0.05) is 49.4 Å². The van der Waals surface area contributed by atoms with E-state index in [2.05, 4.69) is 17.5 Å². The van der Waals surface area contributed by atoms with Crippen LogP contribution in [0, 0.1) is 0 Å². The Kier molecular flexibility index (Phi) is 6.94. The molecule has 0 unspecified atom stereocenters. The average molecular weight is 491 g/mol. The maximum Gasteiger partial charge on any atom is 0.275 e. The Labute approximate surface area is 214 Å². The largest absolute Gasteiger partial charge is 0.507 e. The summed E-state index contributed by atoms with van der Waals surface area (Å²) < 4.78 is 7.47. The Morgan fingerprint density at radius 1 is 1.00 bits per heavy atom. The van der Waals surface area contributed by atoms with Crippen LogP contribution in [-0.4, -0.2) is 33.6 Å². The van der Waals surface area contributed by atoms with Crippen molar-refractivity contribution in [2.75, 3.05) is 6.61 Å². The lowest BCUT2D eigenvalue weighted by atomic mass is 10.1. The average Bonchev–Trinajstić information content (AvgIpc) is 3.36. The molecule has 7 heteroatoms. The van der Waals surface area contributed by atoms with Crippen molar-refractivity contribution in [2.24, 2.45) is 5.10 Å². The lowest BCUT2D eigenvalue weighted by molar-refractivity contribution is 0.0952. The predicted molar refractivity (Wildman–Crippen MR) is 145 cm³/mol. The number of phenols is 1. The fourth-order valence-corrected chi connectivity index (χ4v) is 3.98. The number of fused-ring (bicyclic) bond motifs is 1. The highest BCUT2D eigenvalue weighted by Gasteiger charge is 2.14. The van der Waals surface area contributed by atoms with Crippen LogP contribution in [0.3, 0.4) is 0 Å². The molecular formula is C30H26N4O3. The minimum Gasteiger partial charge on any atom is -0.507 e. The van der Waals surface area contributed by atoms with Gasteiger partial charge in [0.25, 0.3) is 5.91 Å². The van der Waals surface area contributed by atoms with Gasteiger partial charge in [-0.25, -0.2) is 10.1 Å². The summed E-state index contributed by atoms with van der Waals surface area (Å²) in [6.45, 7) is 2.72. The Morgan fingerprint density at radius 3 is 2.43 bits per heavy atom. The van der Waals surface area contributed by atoms with Gasteiger partial charge >= 0.3 is 0 Å². The van der Waals surface area contributed by atoms with E-state index < -0.39 is 5.91 Å². The third kappa shape index (κ3) is 5.36. The van der Waals surface area contributed by atoms with Gasteiger partial charge in [-0.3, -0.25) is 4.79 Å². The van der Waals surface area contributed by atoms with Crippen molar-refractivity contribution in [2.45, 2.75) is 13.3 Å². The normalized spacial score (nSPS) is 11.2. The molecule has 0 bridgehead atoms. The van der Waals surface area contributed by atoms with Crippen LogP contribution in [0.5, 0.6) is 11.5 Å². The van der Waals surface area contributed by atoms with Gasteiger partial charge in [0, 0.05) is 17.3 Å². The number of aromatic nitrogens is 2. The molecule has 0 aliphatic carbocycles. The fraction of sp³-hybridized carbons (Fsp3) is 0.100. The maximum atomic E-state index is 12.8. The number of hydrogen-bond donors (Lipinski definition) is 2. The highest BCUT2D eigenvalue weighted by Crippen LogP contribution is 2.26. The van der Waals surface area contributed by atoms with Crippen LogP contribution in [0.25, 0.3) is 27.7 Å². The van der Waals surface area contributed by atoms with Crippen LogP contribution in [0.1, 0.15) is 29.3 Å². The Balaban J connectivity index is 1.42. The van der Waals surface area contributed by atoms with Crippen LogP contribution in [-0.2, 0) is 0 Å². The predicted octanol–water partition coefficient (Wildman–Crippen LogP) is 5.95. The van der Waals surface area contributed by atoms with Crippen molar-refractivity contribution in [3.8, 4) is 28.4 Å². The monoisotopic (exact) mass is 490 g/mol. The van der Waals surface area contributed by atoms with Crippen LogP contribution >= 0.6 is 0 Å². The molecule has 1 heterocycles. The number of amides is 1. The Bertz CT molecular complexity index is 1560. The van der Waals surface area contributed by atoms with E-state index in [-0.39, 0.29) is 11.3 Å². The van der Waals surface area contributed by atoms with E-state index in [9.17, 15) is 9.90 Å². The molecule has 0 spiro atoms. The maximum absolute atomic E-state index is 12.8. The van der Waals surface area contributed by atoms with Gasteiger partial charge in [0.1, 0.15) is 17.2 Å². The van der Waals surface area contributed by atoms with Crippen LogP contribution in [0.2, 0.25) is 0 Å². The minimum absolute atomic E-state index is 0.102. The van der Waals surface area contributed by atoms with Gasteiger partial charge < -0.3 is 9.84 Å². The number of benzene rings is 4. The summed E-state index contributed by atoms with van der Waals surface area (Å²) in [4.78, 5) is 12.8. The summed E-state index contributed by atoms with van der Waals surface area (Å²) >= 11 is 0. The van der Waals surface area contributed by atoms with E-state index in [4.69, 9.17) is 9.84 Å². The lowest BCUT2D eigenvalue weighted by Crippen LogP contribution is -2.17. The molecule has 0 radical (unpaired) electrons. The van der Waals surface area contributed by atoms with Crippen LogP contribution in [0.15, 0.2) is 102 Å².